The molecule has 1 aromatic heterocycles. The van der Waals surface area contributed by atoms with Crippen molar-refractivity contribution in [1.29, 1.82) is 0 Å². The van der Waals surface area contributed by atoms with E-state index in [2.05, 4.69) is 25.2 Å². The molecule has 0 radical (unpaired) electrons. The molecule has 1 heterocycles. The van der Waals surface area contributed by atoms with E-state index in [1.54, 1.807) is 0 Å². The van der Waals surface area contributed by atoms with Crippen molar-refractivity contribution in [2.75, 3.05) is 6.61 Å². The SMILES string of the molecule is CC1(C)Cc2occc2C(NC2CCC(CO)CC2)C1. The monoisotopic (exact) mass is 277 g/mol. The Bertz CT molecular complexity index is 444. The first-order chi connectivity index (χ1) is 9.57. The molecule has 1 fully saturated rings. The van der Waals surface area contributed by atoms with Gasteiger partial charge in [-0.2, -0.15) is 0 Å². The van der Waals surface area contributed by atoms with Gasteiger partial charge < -0.3 is 14.8 Å². The smallest absolute Gasteiger partial charge is 0.109 e. The van der Waals surface area contributed by atoms with Crippen molar-refractivity contribution in [3.63, 3.8) is 0 Å². The highest BCUT2D eigenvalue weighted by atomic mass is 16.3. The molecule has 112 valence electrons. The van der Waals surface area contributed by atoms with Crippen LogP contribution < -0.4 is 5.32 Å². The molecule has 1 atom stereocenters. The van der Waals surface area contributed by atoms with E-state index in [1.807, 2.05) is 6.26 Å². The lowest BCUT2D eigenvalue weighted by Crippen LogP contribution is -2.40. The lowest BCUT2D eigenvalue weighted by atomic mass is 9.74. The Labute approximate surface area is 121 Å². The van der Waals surface area contributed by atoms with Crippen LogP contribution in [0.15, 0.2) is 16.7 Å². The Morgan fingerprint density at radius 1 is 1.30 bits per heavy atom. The standard InChI is InChI=1S/C17H27NO2/c1-17(2)9-15(14-7-8-20-16(14)10-17)18-13-5-3-12(11-19)4-6-13/h7-8,12-13,15,18-19H,3-6,9-11H2,1-2H3. The molecule has 3 rings (SSSR count). The molecule has 3 heteroatoms. The molecule has 1 saturated carbocycles. The van der Waals surface area contributed by atoms with Crippen molar-refractivity contribution < 1.29 is 9.52 Å². The van der Waals surface area contributed by atoms with Crippen LogP contribution >= 0.6 is 0 Å². The van der Waals surface area contributed by atoms with Crippen molar-refractivity contribution in [2.24, 2.45) is 11.3 Å². The highest BCUT2D eigenvalue weighted by molar-refractivity contribution is 5.26. The van der Waals surface area contributed by atoms with Gasteiger partial charge in [0.05, 0.1) is 6.26 Å². The molecule has 0 bridgehead atoms. The summed E-state index contributed by atoms with van der Waals surface area (Å²) in [4.78, 5) is 0. The van der Waals surface area contributed by atoms with Crippen LogP contribution in [0, 0.1) is 11.3 Å². The fourth-order valence-corrected chi connectivity index (χ4v) is 3.92. The topological polar surface area (TPSA) is 45.4 Å². The van der Waals surface area contributed by atoms with Gasteiger partial charge in [-0.3, -0.25) is 0 Å². The van der Waals surface area contributed by atoms with Crippen molar-refractivity contribution in [1.82, 2.24) is 5.32 Å². The van der Waals surface area contributed by atoms with Crippen LogP contribution in [0.25, 0.3) is 0 Å². The molecule has 2 aliphatic carbocycles. The quantitative estimate of drug-likeness (QED) is 0.889. The third-order valence-electron chi connectivity index (χ3n) is 5.09. The predicted molar refractivity (Wildman–Crippen MR) is 79.5 cm³/mol. The largest absolute Gasteiger partial charge is 0.469 e. The maximum Gasteiger partial charge on any atom is 0.109 e. The van der Waals surface area contributed by atoms with Crippen molar-refractivity contribution in [3.05, 3.63) is 23.7 Å². The lowest BCUT2D eigenvalue weighted by molar-refractivity contribution is 0.161. The number of nitrogens with one attached hydrogen (secondary N) is 1. The van der Waals surface area contributed by atoms with Gasteiger partial charge in [-0.1, -0.05) is 13.8 Å². The van der Waals surface area contributed by atoms with Crippen LogP contribution in [-0.4, -0.2) is 17.8 Å². The van der Waals surface area contributed by atoms with Crippen LogP contribution in [0.2, 0.25) is 0 Å². The highest BCUT2D eigenvalue weighted by Crippen LogP contribution is 2.42. The van der Waals surface area contributed by atoms with E-state index in [1.165, 1.54) is 30.6 Å². The summed E-state index contributed by atoms with van der Waals surface area (Å²) >= 11 is 0. The van der Waals surface area contributed by atoms with Gasteiger partial charge in [0, 0.05) is 30.7 Å². The van der Waals surface area contributed by atoms with Gasteiger partial charge in [0.15, 0.2) is 0 Å². The fraction of sp³-hybridized carbons (Fsp3) is 0.765. The van der Waals surface area contributed by atoms with Gasteiger partial charge in [0.2, 0.25) is 0 Å². The third kappa shape index (κ3) is 2.94. The molecule has 2 aliphatic rings. The normalized spacial score (nSPS) is 32.9. The van der Waals surface area contributed by atoms with Crippen LogP contribution in [0.5, 0.6) is 0 Å². The molecule has 0 saturated heterocycles. The molecule has 3 nitrogen and oxygen atoms in total. The molecular weight excluding hydrogens is 250 g/mol. The van der Waals surface area contributed by atoms with Gasteiger partial charge in [0.25, 0.3) is 0 Å². The number of hydrogen-bond acceptors (Lipinski definition) is 3. The van der Waals surface area contributed by atoms with Crippen LogP contribution in [0.1, 0.15) is 63.3 Å². The Hall–Kier alpha value is -0.800. The molecule has 1 aromatic rings. The van der Waals surface area contributed by atoms with E-state index in [0.29, 0.717) is 30.0 Å². The Morgan fingerprint density at radius 3 is 2.75 bits per heavy atom. The average Bonchev–Trinajstić information content (AvgIpc) is 2.86. The van der Waals surface area contributed by atoms with E-state index >= 15 is 0 Å². The van der Waals surface area contributed by atoms with Crippen LogP contribution in [0.4, 0.5) is 0 Å². The van der Waals surface area contributed by atoms with Crippen LogP contribution in [-0.2, 0) is 6.42 Å². The number of aliphatic hydroxyl groups is 1. The molecule has 0 amide bonds. The Morgan fingerprint density at radius 2 is 2.05 bits per heavy atom. The third-order valence-corrected chi connectivity index (χ3v) is 5.09. The zero-order valence-electron chi connectivity index (χ0n) is 12.7. The second kappa shape index (κ2) is 5.53. The summed E-state index contributed by atoms with van der Waals surface area (Å²) in [6.45, 7) is 5.01. The first-order valence-corrected chi connectivity index (χ1v) is 8.00. The zero-order valence-corrected chi connectivity index (χ0v) is 12.7. The maximum atomic E-state index is 9.24. The lowest BCUT2D eigenvalue weighted by Gasteiger charge is -2.38. The summed E-state index contributed by atoms with van der Waals surface area (Å²) in [6, 6.07) is 3.17. The number of fused-ring (bicyclic) bond motifs is 1. The van der Waals surface area contributed by atoms with Crippen LogP contribution in [0.3, 0.4) is 0 Å². The summed E-state index contributed by atoms with van der Waals surface area (Å²) in [7, 11) is 0. The summed E-state index contributed by atoms with van der Waals surface area (Å²) in [5.74, 6) is 1.70. The zero-order chi connectivity index (χ0) is 14.2. The van der Waals surface area contributed by atoms with E-state index in [0.717, 1.165) is 19.3 Å². The maximum absolute atomic E-state index is 9.24. The average molecular weight is 277 g/mol. The molecule has 0 aliphatic heterocycles. The van der Waals surface area contributed by atoms with Gasteiger partial charge in [0.1, 0.15) is 5.76 Å². The minimum absolute atomic E-state index is 0.310. The number of hydrogen-bond donors (Lipinski definition) is 2. The minimum Gasteiger partial charge on any atom is -0.469 e. The highest BCUT2D eigenvalue weighted by Gasteiger charge is 2.35. The van der Waals surface area contributed by atoms with E-state index < -0.39 is 0 Å². The van der Waals surface area contributed by atoms with Gasteiger partial charge in [-0.15, -0.1) is 0 Å². The summed E-state index contributed by atoms with van der Waals surface area (Å²) in [6.07, 6.45) is 8.75. The summed E-state index contributed by atoms with van der Waals surface area (Å²) in [5.41, 5.74) is 1.68. The van der Waals surface area contributed by atoms with E-state index in [9.17, 15) is 5.11 Å². The summed E-state index contributed by atoms with van der Waals surface area (Å²) < 4.78 is 5.67. The van der Waals surface area contributed by atoms with Gasteiger partial charge in [-0.25, -0.2) is 0 Å². The molecule has 0 aromatic carbocycles. The Kier molecular flexibility index (Phi) is 3.91. The second-order valence-corrected chi connectivity index (χ2v) is 7.46. The fourth-order valence-electron chi connectivity index (χ4n) is 3.92. The second-order valence-electron chi connectivity index (χ2n) is 7.46. The molecule has 0 spiro atoms. The predicted octanol–water partition coefficient (Wildman–Crippen LogP) is 3.43. The first kappa shape index (κ1) is 14.2. The molecule has 20 heavy (non-hydrogen) atoms. The Balaban J connectivity index is 1.66. The molecule has 1 unspecified atom stereocenters. The number of aliphatic hydroxyl groups excluding tert-OH is 1. The van der Waals surface area contributed by atoms with Crippen molar-refractivity contribution in [2.45, 2.75) is 64.5 Å². The minimum atomic E-state index is 0.310. The van der Waals surface area contributed by atoms with Gasteiger partial charge in [-0.05, 0) is 49.5 Å². The van der Waals surface area contributed by atoms with Crippen molar-refractivity contribution in [3.8, 4) is 0 Å². The van der Waals surface area contributed by atoms with Crippen molar-refractivity contribution >= 4 is 0 Å². The summed E-state index contributed by atoms with van der Waals surface area (Å²) in [5, 5.41) is 13.1. The number of furan rings is 1. The first-order valence-electron chi connectivity index (χ1n) is 8.00. The molecular formula is C17H27NO2. The van der Waals surface area contributed by atoms with E-state index in [4.69, 9.17) is 4.42 Å². The number of rotatable bonds is 3. The van der Waals surface area contributed by atoms with Gasteiger partial charge >= 0.3 is 0 Å². The molecule has 2 N–H and O–H groups in total. The van der Waals surface area contributed by atoms with E-state index in [-0.39, 0.29) is 0 Å².